The smallest absolute Gasteiger partial charge is 0.336 e. The molecular formula is C18H30N6O. The number of nitrogen functional groups attached to an aromatic ring is 1. The predicted molar refractivity (Wildman–Crippen MR) is 98.7 cm³/mol. The number of imidazole rings is 1. The third-order valence-corrected chi connectivity index (χ3v) is 5.04. The highest BCUT2D eigenvalue weighted by Crippen LogP contribution is 2.24. The quantitative estimate of drug-likeness (QED) is 0.801. The summed E-state index contributed by atoms with van der Waals surface area (Å²) in [6, 6.07) is 0.952. The van der Waals surface area contributed by atoms with Crippen LogP contribution in [0.25, 0.3) is 5.65 Å². The highest BCUT2D eigenvalue weighted by atomic mass is 16.5. The van der Waals surface area contributed by atoms with Crippen molar-refractivity contribution >= 4 is 11.5 Å². The SMILES string of the molecule is CCC[C@H](C)Oc1nc(N)c2ncc(CC3CCNC(CC)C3)n2n1. The van der Waals surface area contributed by atoms with Crippen LogP contribution in [-0.4, -0.2) is 38.3 Å². The Morgan fingerprint density at radius 3 is 3.04 bits per heavy atom. The van der Waals surface area contributed by atoms with Gasteiger partial charge in [0.25, 0.3) is 0 Å². The molecule has 3 atom stereocenters. The Kier molecular flexibility index (Phi) is 5.73. The highest BCUT2D eigenvalue weighted by molar-refractivity contribution is 5.59. The Bertz CT molecular complexity index is 700. The molecule has 7 heteroatoms. The standard InChI is InChI=1S/C18H30N6O/c1-4-6-12(3)25-18-22-16(19)17-21-11-15(24(17)23-18)10-13-7-8-20-14(5-2)9-13/h11-14,20H,4-10H2,1-3H3,(H2,19,22,23)/t12-,13?,14?/m0/s1. The van der Waals surface area contributed by atoms with Crippen LogP contribution in [0.4, 0.5) is 5.82 Å². The summed E-state index contributed by atoms with van der Waals surface area (Å²) < 4.78 is 7.65. The van der Waals surface area contributed by atoms with Gasteiger partial charge < -0.3 is 15.8 Å². The van der Waals surface area contributed by atoms with Gasteiger partial charge in [0.2, 0.25) is 0 Å². The lowest BCUT2D eigenvalue weighted by Gasteiger charge is -2.29. The minimum absolute atomic E-state index is 0.0727. The van der Waals surface area contributed by atoms with Gasteiger partial charge in [-0.15, -0.1) is 5.10 Å². The number of anilines is 1. The monoisotopic (exact) mass is 346 g/mol. The maximum atomic E-state index is 6.07. The van der Waals surface area contributed by atoms with Gasteiger partial charge in [0, 0.05) is 6.04 Å². The van der Waals surface area contributed by atoms with Crippen molar-refractivity contribution < 1.29 is 4.74 Å². The van der Waals surface area contributed by atoms with E-state index in [-0.39, 0.29) is 6.10 Å². The largest absolute Gasteiger partial charge is 0.459 e. The summed E-state index contributed by atoms with van der Waals surface area (Å²) in [6.45, 7) is 7.49. The number of hydrogen-bond donors (Lipinski definition) is 2. The van der Waals surface area contributed by atoms with Crippen LogP contribution in [0.1, 0.15) is 58.6 Å². The van der Waals surface area contributed by atoms with E-state index in [0.717, 1.165) is 31.5 Å². The summed E-state index contributed by atoms with van der Waals surface area (Å²) in [5, 5.41) is 8.13. The zero-order valence-corrected chi connectivity index (χ0v) is 15.5. The first-order chi connectivity index (χ1) is 12.1. The van der Waals surface area contributed by atoms with E-state index in [0.29, 0.717) is 29.4 Å². The average molecular weight is 346 g/mol. The molecule has 1 saturated heterocycles. The second kappa shape index (κ2) is 7.99. The van der Waals surface area contributed by atoms with E-state index in [2.05, 4.69) is 34.2 Å². The van der Waals surface area contributed by atoms with E-state index in [9.17, 15) is 0 Å². The van der Waals surface area contributed by atoms with Crippen LogP contribution < -0.4 is 15.8 Å². The first-order valence-corrected chi connectivity index (χ1v) is 9.50. The van der Waals surface area contributed by atoms with Gasteiger partial charge in [-0.1, -0.05) is 20.3 Å². The molecule has 1 aliphatic rings. The molecule has 0 bridgehead atoms. The van der Waals surface area contributed by atoms with Crippen LogP contribution in [0.3, 0.4) is 0 Å². The van der Waals surface area contributed by atoms with E-state index >= 15 is 0 Å². The summed E-state index contributed by atoms with van der Waals surface area (Å²) in [5.41, 5.74) is 7.77. The average Bonchev–Trinajstić information content (AvgIpc) is 2.98. The number of nitrogens with one attached hydrogen (secondary N) is 1. The first-order valence-electron chi connectivity index (χ1n) is 9.50. The van der Waals surface area contributed by atoms with Crippen LogP contribution in [0.2, 0.25) is 0 Å². The summed E-state index contributed by atoms with van der Waals surface area (Å²) in [6.07, 6.45) is 8.48. The molecule has 2 aromatic rings. The van der Waals surface area contributed by atoms with Gasteiger partial charge in [-0.2, -0.15) is 4.98 Å². The van der Waals surface area contributed by atoms with Gasteiger partial charge in [-0.3, -0.25) is 0 Å². The molecule has 3 heterocycles. The molecule has 3 rings (SSSR count). The minimum atomic E-state index is 0.0727. The summed E-state index contributed by atoms with van der Waals surface area (Å²) >= 11 is 0. The van der Waals surface area contributed by atoms with Gasteiger partial charge in [-0.05, 0) is 51.5 Å². The Balaban J connectivity index is 1.80. The maximum absolute atomic E-state index is 6.07. The number of rotatable bonds is 7. The number of aromatic nitrogens is 4. The van der Waals surface area contributed by atoms with Crippen molar-refractivity contribution in [3.8, 4) is 6.01 Å². The van der Waals surface area contributed by atoms with E-state index in [1.54, 1.807) is 0 Å². The lowest BCUT2D eigenvalue weighted by atomic mass is 9.88. The molecular weight excluding hydrogens is 316 g/mol. The molecule has 3 N–H and O–H groups in total. The second-order valence-electron chi connectivity index (χ2n) is 7.14. The molecule has 0 aromatic carbocycles. The number of ether oxygens (including phenoxy) is 1. The Morgan fingerprint density at radius 1 is 1.44 bits per heavy atom. The van der Waals surface area contributed by atoms with Crippen molar-refractivity contribution in [2.24, 2.45) is 5.92 Å². The molecule has 2 aromatic heterocycles. The molecule has 2 unspecified atom stereocenters. The van der Waals surface area contributed by atoms with Crippen LogP contribution >= 0.6 is 0 Å². The molecule has 0 amide bonds. The molecule has 0 saturated carbocycles. The lowest BCUT2D eigenvalue weighted by molar-refractivity contribution is 0.189. The van der Waals surface area contributed by atoms with Crippen molar-refractivity contribution in [2.75, 3.05) is 12.3 Å². The number of nitrogens with two attached hydrogens (primary N) is 1. The van der Waals surface area contributed by atoms with Gasteiger partial charge in [-0.25, -0.2) is 9.50 Å². The van der Waals surface area contributed by atoms with Gasteiger partial charge in [0.1, 0.15) is 0 Å². The van der Waals surface area contributed by atoms with Crippen molar-refractivity contribution in [3.05, 3.63) is 11.9 Å². The molecule has 25 heavy (non-hydrogen) atoms. The third-order valence-electron chi connectivity index (χ3n) is 5.04. The van der Waals surface area contributed by atoms with E-state index < -0.39 is 0 Å². The normalized spacial score (nSPS) is 22.2. The number of nitrogens with zero attached hydrogens (tertiary/aromatic N) is 4. The van der Waals surface area contributed by atoms with Crippen molar-refractivity contribution in [3.63, 3.8) is 0 Å². The van der Waals surface area contributed by atoms with Gasteiger partial charge in [0.05, 0.1) is 18.0 Å². The van der Waals surface area contributed by atoms with Crippen LogP contribution in [0.5, 0.6) is 6.01 Å². The summed E-state index contributed by atoms with van der Waals surface area (Å²) in [7, 11) is 0. The number of fused-ring (bicyclic) bond motifs is 1. The second-order valence-corrected chi connectivity index (χ2v) is 7.14. The number of hydrogen-bond acceptors (Lipinski definition) is 6. The van der Waals surface area contributed by atoms with Crippen LogP contribution in [0, 0.1) is 5.92 Å². The topological polar surface area (TPSA) is 90.4 Å². The molecule has 1 aliphatic heterocycles. The molecule has 7 nitrogen and oxygen atoms in total. The zero-order valence-electron chi connectivity index (χ0n) is 15.5. The number of piperidine rings is 1. The molecule has 1 fully saturated rings. The zero-order chi connectivity index (χ0) is 17.8. The molecule has 138 valence electrons. The lowest BCUT2D eigenvalue weighted by Crippen LogP contribution is -2.38. The maximum Gasteiger partial charge on any atom is 0.336 e. The predicted octanol–water partition coefficient (Wildman–Crippen LogP) is 2.59. The molecule has 0 radical (unpaired) electrons. The van der Waals surface area contributed by atoms with Crippen molar-refractivity contribution in [2.45, 2.75) is 71.4 Å². The molecule has 0 aliphatic carbocycles. The van der Waals surface area contributed by atoms with Crippen LogP contribution in [0.15, 0.2) is 6.20 Å². The first kappa shape index (κ1) is 17.9. The van der Waals surface area contributed by atoms with Gasteiger partial charge >= 0.3 is 6.01 Å². The van der Waals surface area contributed by atoms with Crippen molar-refractivity contribution in [1.29, 1.82) is 0 Å². The fourth-order valence-corrected chi connectivity index (χ4v) is 3.65. The van der Waals surface area contributed by atoms with E-state index in [1.165, 1.54) is 19.3 Å². The van der Waals surface area contributed by atoms with Gasteiger partial charge in [0.15, 0.2) is 11.5 Å². The third kappa shape index (κ3) is 4.21. The van der Waals surface area contributed by atoms with E-state index in [4.69, 9.17) is 10.5 Å². The minimum Gasteiger partial charge on any atom is -0.459 e. The molecule has 0 spiro atoms. The fraction of sp³-hybridized carbons (Fsp3) is 0.722. The van der Waals surface area contributed by atoms with Crippen LogP contribution in [-0.2, 0) is 6.42 Å². The highest BCUT2D eigenvalue weighted by Gasteiger charge is 2.22. The summed E-state index contributed by atoms with van der Waals surface area (Å²) in [4.78, 5) is 8.68. The van der Waals surface area contributed by atoms with E-state index in [1.807, 2.05) is 17.6 Å². The Morgan fingerprint density at radius 2 is 2.28 bits per heavy atom. The Labute approximate surface area is 149 Å². The summed E-state index contributed by atoms with van der Waals surface area (Å²) in [5.74, 6) is 1.02. The van der Waals surface area contributed by atoms with Crippen molar-refractivity contribution in [1.82, 2.24) is 24.9 Å². The Hall–Kier alpha value is -1.89. The fourth-order valence-electron chi connectivity index (χ4n) is 3.65.